The van der Waals surface area contributed by atoms with Gasteiger partial charge in [0, 0.05) is 32.2 Å². The Morgan fingerprint density at radius 1 is 1.17 bits per heavy atom. The van der Waals surface area contributed by atoms with Crippen molar-refractivity contribution in [2.75, 3.05) is 26.2 Å². The van der Waals surface area contributed by atoms with Crippen LogP contribution >= 0.6 is 11.6 Å². The molecule has 0 radical (unpaired) electrons. The number of nitrogens with zero attached hydrogens (tertiary/aromatic N) is 2. The molecule has 130 valence electrons. The van der Waals surface area contributed by atoms with Gasteiger partial charge in [0.25, 0.3) is 5.91 Å². The Kier molecular flexibility index (Phi) is 4.52. The second kappa shape index (κ2) is 6.64. The fraction of sp³-hybridized carbons (Fsp3) is 0.632. The van der Waals surface area contributed by atoms with E-state index in [9.17, 15) is 9.18 Å². The number of fused-ring (bicyclic) bond motifs is 4. The van der Waals surface area contributed by atoms with Crippen LogP contribution in [0.25, 0.3) is 0 Å². The smallest absolute Gasteiger partial charge is 0.255 e. The predicted octanol–water partition coefficient (Wildman–Crippen LogP) is 3.82. The SMILES string of the molecule is O=C(c1ccc(F)cc1Cl)N1C[C@H]2CC[C@@H](C1)N(CC1CCC1)C2. The summed E-state index contributed by atoms with van der Waals surface area (Å²) >= 11 is 6.10. The molecule has 1 saturated carbocycles. The third kappa shape index (κ3) is 3.18. The van der Waals surface area contributed by atoms with Crippen LogP contribution in [-0.4, -0.2) is 47.9 Å². The molecule has 1 amide bonds. The maximum absolute atomic E-state index is 13.2. The van der Waals surface area contributed by atoms with Gasteiger partial charge in [-0.15, -0.1) is 0 Å². The molecule has 3 nitrogen and oxygen atoms in total. The topological polar surface area (TPSA) is 23.6 Å². The second-order valence-electron chi connectivity index (χ2n) is 7.68. The number of amides is 1. The highest BCUT2D eigenvalue weighted by Gasteiger charge is 2.38. The number of carbonyl (C=O) groups excluding carboxylic acids is 1. The quantitative estimate of drug-likeness (QED) is 0.827. The molecule has 3 saturated heterocycles. The first kappa shape index (κ1) is 16.3. The van der Waals surface area contributed by atoms with E-state index in [0.717, 1.165) is 25.6 Å². The summed E-state index contributed by atoms with van der Waals surface area (Å²) in [6.07, 6.45) is 6.48. The summed E-state index contributed by atoms with van der Waals surface area (Å²) in [5.74, 6) is 0.952. The fourth-order valence-electron chi connectivity index (χ4n) is 4.41. The van der Waals surface area contributed by atoms with Crippen molar-refractivity contribution in [3.8, 4) is 0 Å². The molecule has 1 aliphatic carbocycles. The summed E-state index contributed by atoms with van der Waals surface area (Å²) in [7, 11) is 0. The van der Waals surface area contributed by atoms with Crippen molar-refractivity contribution in [1.29, 1.82) is 0 Å². The number of hydrogen-bond donors (Lipinski definition) is 0. The zero-order chi connectivity index (χ0) is 16.7. The number of carbonyl (C=O) groups is 1. The van der Waals surface area contributed by atoms with Gasteiger partial charge in [-0.1, -0.05) is 18.0 Å². The Morgan fingerprint density at radius 3 is 2.71 bits per heavy atom. The van der Waals surface area contributed by atoms with E-state index in [-0.39, 0.29) is 10.9 Å². The Morgan fingerprint density at radius 2 is 2.00 bits per heavy atom. The maximum atomic E-state index is 13.2. The van der Waals surface area contributed by atoms with Crippen LogP contribution in [0.4, 0.5) is 4.39 Å². The minimum atomic E-state index is -0.404. The molecule has 5 rings (SSSR count). The van der Waals surface area contributed by atoms with Crippen LogP contribution in [0.2, 0.25) is 5.02 Å². The average Bonchev–Trinajstić information content (AvgIpc) is 2.82. The van der Waals surface area contributed by atoms with E-state index in [0.29, 0.717) is 17.5 Å². The molecule has 5 heteroatoms. The van der Waals surface area contributed by atoms with E-state index in [1.165, 1.54) is 56.8 Å². The van der Waals surface area contributed by atoms with Gasteiger partial charge in [0.05, 0.1) is 10.6 Å². The minimum Gasteiger partial charge on any atom is -0.337 e. The number of rotatable bonds is 3. The number of benzene rings is 1. The average molecular weight is 351 g/mol. The Bertz CT molecular complexity index is 634. The third-order valence-corrected chi connectivity index (χ3v) is 6.31. The standard InChI is InChI=1S/C19H24ClFN2O/c20-18-8-15(21)5-7-17(18)19(24)23-11-14-4-6-16(12-23)22(10-14)9-13-2-1-3-13/h5,7-8,13-14,16H,1-4,6,9-12H2/t14-,16-/m0/s1. The van der Waals surface area contributed by atoms with Gasteiger partial charge in [-0.2, -0.15) is 0 Å². The summed E-state index contributed by atoms with van der Waals surface area (Å²) in [4.78, 5) is 17.5. The minimum absolute atomic E-state index is 0.0533. The van der Waals surface area contributed by atoms with Gasteiger partial charge in [0.15, 0.2) is 0 Å². The lowest BCUT2D eigenvalue weighted by atomic mass is 9.83. The van der Waals surface area contributed by atoms with Crippen molar-refractivity contribution >= 4 is 17.5 Å². The van der Waals surface area contributed by atoms with Gasteiger partial charge in [-0.25, -0.2) is 4.39 Å². The highest BCUT2D eigenvalue weighted by Crippen LogP contribution is 2.34. The molecule has 24 heavy (non-hydrogen) atoms. The molecule has 0 N–H and O–H groups in total. The molecule has 4 fully saturated rings. The van der Waals surface area contributed by atoms with Crippen LogP contribution < -0.4 is 0 Å². The zero-order valence-corrected chi connectivity index (χ0v) is 14.6. The summed E-state index contributed by atoms with van der Waals surface area (Å²) in [5.41, 5.74) is 0.421. The van der Waals surface area contributed by atoms with Crippen molar-refractivity contribution in [2.45, 2.75) is 38.1 Å². The molecule has 1 aromatic rings. The summed E-state index contributed by atoms with van der Waals surface area (Å²) in [6, 6.07) is 4.52. The number of halogens is 2. The van der Waals surface area contributed by atoms with Gasteiger partial charge in [0.1, 0.15) is 5.82 Å². The largest absolute Gasteiger partial charge is 0.337 e. The molecule has 0 aromatic heterocycles. The van der Waals surface area contributed by atoms with E-state index in [4.69, 9.17) is 11.6 Å². The Balaban J connectivity index is 1.49. The van der Waals surface area contributed by atoms with Crippen molar-refractivity contribution in [1.82, 2.24) is 9.80 Å². The van der Waals surface area contributed by atoms with E-state index in [1.54, 1.807) is 0 Å². The molecule has 1 aromatic carbocycles. The van der Waals surface area contributed by atoms with E-state index in [2.05, 4.69) is 4.90 Å². The van der Waals surface area contributed by atoms with Crippen molar-refractivity contribution in [3.63, 3.8) is 0 Å². The van der Waals surface area contributed by atoms with E-state index < -0.39 is 5.82 Å². The summed E-state index contributed by atoms with van der Waals surface area (Å²) < 4.78 is 13.2. The van der Waals surface area contributed by atoms with Crippen molar-refractivity contribution < 1.29 is 9.18 Å². The van der Waals surface area contributed by atoms with Gasteiger partial charge in [-0.05, 0) is 55.7 Å². The Labute approximate surface area is 147 Å². The van der Waals surface area contributed by atoms with Crippen molar-refractivity contribution in [3.05, 3.63) is 34.6 Å². The molecule has 4 aliphatic rings. The first-order valence-corrected chi connectivity index (χ1v) is 9.46. The molecule has 3 aliphatic heterocycles. The fourth-order valence-corrected chi connectivity index (χ4v) is 4.66. The Hall–Kier alpha value is -1.13. The predicted molar refractivity (Wildman–Crippen MR) is 92.7 cm³/mol. The van der Waals surface area contributed by atoms with Gasteiger partial charge in [0.2, 0.25) is 0 Å². The second-order valence-corrected chi connectivity index (χ2v) is 8.09. The van der Waals surface area contributed by atoms with Crippen molar-refractivity contribution in [2.24, 2.45) is 11.8 Å². The lowest BCUT2D eigenvalue weighted by Crippen LogP contribution is -2.47. The normalized spacial score (nSPS) is 27.8. The van der Waals surface area contributed by atoms with Crippen LogP contribution in [0.15, 0.2) is 18.2 Å². The van der Waals surface area contributed by atoms with Crippen LogP contribution in [0.1, 0.15) is 42.5 Å². The third-order valence-electron chi connectivity index (χ3n) is 5.99. The van der Waals surface area contributed by atoms with E-state index >= 15 is 0 Å². The molecular formula is C19H24ClFN2O. The molecule has 0 unspecified atom stereocenters. The van der Waals surface area contributed by atoms with Crippen LogP contribution in [-0.2, 0) is 0 Å². The maximum Gasteiger partial charge on any atom is 0.255 e. The molecule has 2 bridgehead atoms. The van der Waals surface area contributed by atoms with Gasteiger partial charge >= 0.3 is 0 Å². The number of hydrogen-bond acceptors (Lipinski definition) is 2. The molecule has 2 atom stereocenters. The molecular weight excluding hydrogens is 327 g/mol. The highest BCUT2D eigenvalue weighted by molar-refractivity contribution is 6.33. The summed E-state index contributed by atoms with van der Waals surface area (Å²) in [5, 5.41) is 0.211. The van der Waals surface area contributed by atoms with Gasteiger partial charge < -0.3 is 4.90 Å². The van der Waals surface area contributed by atoms with Crippen LogP contribution in [0.5, 0.6) is 0 Å². The van der Waals surface area contributed by atoms with Gasteiger partial charge in [-0.3, -0.25) is 9.69 Å². The lowest BCUT2D eigenvalue weighted by Gasteiger charge is -2.40. The molecule has 3 heterocycles. The van der Waals surface area contributed by atoms with E-state index in [1.807, 2.05) is 4.90 Å². The van der Waals surface area contributed by atoms with Crippen LogP contribution in [0.3, 0.4) is 0 Å². The zero-order valence-electron chi connectivity index (χ0n) is 13.9. The highest BCUT2D eigenvalue weighted by atomic mass is 35.5. The molecule has 0 spiro atoms. The monoisotopic (exact) mass is 350 g/mol. The first-order valence-electron chi connectivity index (χ1n) is 9.08. The first-order chi connectivity index (χ1) is 11.6. The number of piperidine rings is 1. The lowest BCUT2D eigenvalue weighted by molar-refractivity contribution is 0.0717. The summed E-state index contributed by atoms with van der Waals surface area (Å²) in [6.45, 7) is 3.88. The van der Waals surface area contributed by atoms with Crippen LogP contribution in [0, 0.1) is 17.7 Å².